The van der Waals surface area contributed by atoms with E-state index in [4.69, 9.17) is 15.0 Å². The van der Waals surface area contributed by atoms with Gasteiger partial charge >= 0.3 is 14.4 Å². The van der Waals surface area contributed by atoms with Crippen molar-refractivity contribution in [2.24, 2.45) is 10.9 Å². The van der Waals surface area contributed by atoms with Crippen molar-refractivity contribution in [2.75, 3.05) is 24.7 Å². The Morgan fingerprint density at radius 1 is 1.55 bits per heavy atom. The monoisotopic (exact) mass is 319 g/mol. The van der Waals surface area contributed by atoms with E-state index in [1.165, 1.54) is 0 Å². The fourth-order valence-corrected chi connectivity index (χ4v) is 4.96. The molecule has 0 saturated heterocycles. The van der Waals surface area contributed by atoms with Crippen molar-refractivity contribution in [1.82, 2.24) is 4.57 Å². The van der Waals surface area contributed by atoms with Gasteiger partial charge in [-0.25, -0.2) is 0 Å². The maximum Gasteiger partial charge on any atom is 0.385 e. The molecule has 116 valence electrons. The highest BCUT2D eigenvalue weighted by atomic mass is 32.2. The van der Waals surface area contributed by atoms with Crippen LogP contribution in [0.1, 0.15) is 20.3 Å². The number of thioether (sulfide) groups is 1. The van der Waals surface area contributed by atoms with Crippen molar-refractivity contribution >= 4 is 32.0 Å². The molecule has 0 aromatic heterocycles. The first-order chi connectivity index (χ1) is 9.38. The molecule has 0 amide bonds. The molecule has 0 unspecified atom stereocenters. The van der Waals surface area contributed by atoms with Gasteiger partial charge in [0.25, 0.3) is 0 Å². The Morgan fingerprint density at radius 3 is 2.80 bits per heavy atom. The van der Waals surface area contributed by atoms with Gasteiger partial charge in [-0.15, -0.1) is 0 Å². The third kappa shape index (κ3) is 4.99. The van der Waals surface area contributed by atoms with E-state index < -0.39 is 14.5 Å². The van der Waals surface area contributed by atoms with Crippen molar-refractivity contribution in [3.63, 3.8) is 0 Å². The van der Waals surface area contributed by atoms with Gasteiger partial charge in [0, 0.05) is 12.3 Å². The van der Waals surface area contributed by atoms with Gasteiger partial charge in [-0.1, -0.05) is 5.16 Å². The summed E-state index contributed by atoms with van der Waals surface area (Å²) in [5, 5.41) is 4.05. The summed E-state index contributed by atoms with van der Waals surface area (Å²) in [6.07, 6.45) is 0.647. The van der Waals surface area contributed by atoms with Crippen LogP contribution in [0.15, 0.2) is 5.16 Å². The fraction of sp³-hybridized carbons (Fsp3) is 0.833. The molecular formula is C12H25N3O3SSi. The van der Waals surface area contributed by atoms with Crippen LogP contribution in [0, 0.1) is 0 Å². The standard InChI is InChI=1S/C12H25N3O3SSi/c1-5-17-12(16)11(13)6-8-19-9-7-15-10(2)14-18-20(15,3)4/h11H,5-9,13H2,1-4H3/t11-/m1/s1. The predicted molar refractivity (Wildman–Crippen MR) is 84.9 cm³/mol. The van der Waals surface area contributed by atoms with Gasteiger partial charge in [0.2, 0.25) is 0 Å². The second-order valence-electron chi connectivity index (χ2n) is 5.09. The molecule has 1 aliphatic heterocycles. The van der Waals surface area contributed by atoms with Crippen LogP contribution in [0.4, 0.5) is 0 Å². The number of nitrogens with zero attached hydrogens (tertiary/aromatic N) is 2. The number of rotatable bonds is 8. The minimum absolute atomic E-state index is 0.308. The van der Waals surface area contributed by atoms with E-state index >= 15 is 0 Å². The molecular weight excluding hydrogens is 294 g/mol. The summed E-state index contributed by atoms with van der Waals surface area (Å²) in [5.41, 5.74) is 5.74. The van der Waals surface area contributed by atoms with Gasteiger partial charge in [0.15, 0.2) is 0 Å². The smallest absolute Gasteiger partial charge is 0.385 e. The summed E-state index contributed by atoms with van der Waals surface area (Å²) in [6.45, 7) is 9.33. The van der Waals surface area contributed by atoms with Crippen LogP contribution in [0.25, 0.3) is 0 Å². The Kier molecular flexibility index (Phi) is 6.84. The Hall–Kier alpha value is -0.733. The molecule has 0 bridgehead atoms. The number of hydrogen-bond acceptors (Lipinski definition) is 7. The zero-order chi connectivity index (χ0) is 15.2. The first kappa shape index (κ1) is 17.3. The Bertz CT molecular complexity index is 366. The molecule has 1 aliphatic rings. The number of amidine groups is 1. The maximum atomic E-state index is 11.4. The second-order valence-corrected chi connectivity index (χ2v) is 9.93. The molecule has 6 nitrogen and oxygen atoms in total. The van der Waals surface area contributed by atoms with Gasteiger partial charge in [0.1, 0.15) is 11.9 Å². The molecule has 0 aromatic rings. The van der Waals surface area contributed by atoms with E-state index in [-0.39, 0.29) is 5.97 Å². The first-order valence-electron chi connectivity index (χ1n) is 6.89. The SMILES string of the molecule is CCOC(=O)[C@H](N)CCSCCN1C(C)=NO[Si]1(C)C. The van der Waals surface area contributed by atoms with E-state index in [0.717, 1.165) is 23.9 Å². The van der Waals surface area contributed by atoms with Crippen molar-refractivity contribution in [1.29, 1.82) is 0 Å². The maximum absolute atomic E-state index is 11.4. The van der Waals surface area contributed by atoms with Gasteiger partial charge in [-0.3, -0.25) is 4.79 Å². The summed E-state index contributed by atoms with van der Waals surface area (Å²) in [7, 11) is -1.83. The van der Waals surface area contributed by atoms with Crippen LogP contribution in [-0.2, 0) is 14.1 Å². The quantitative estimate of drug-likeness (QED) is 0.414. The molecule has 1 rings (SSSR count). The number of ether oxygens (including phenoxy) is 1. The molecule has 2 N–H and O–H groups in total. The summed E-state index contributed by atoms with van der Waals surface area (Å²) in [5.74, 6) is 2.48. The lowest BCUT2D eigenvalue weighted by Gasteiger charge is -2.27. The van der Waals surface area contributed by atoms with Crippen LogP contribution in [0.3, 0.4) is 0 Å². The zero-order valence-corrected chi connectivity index (χ0v) is 14.5. The van der Waals surface area contributed by atoms with E-state index in [0.29, 0.717) is 13.0 Å². The van der Waals surface area contributed by atoms with Gasteiger partial charge in [-0.05, 0) is 39.1 Å². The Balaban J connectivity index is 2.16. The minimum atomic E-state index is -1.83. The molecule has 8 heteroatoms. The highest BCUT2D eigenvalue weighted by molar-refractivity contribution is 7.99. The number of nitrogens with two attached hydrogens (primary N) is 1. The highest BCUT2D eigenvalue weighted by Crippen LogP contribution is 2.20. The van der Waals surface area contributed by atoms with Crippen molar-refractivity contribution in [2.45, 2.75) is 39.4 Å². The number of carbonyl (C=O) groups is 1. The van der Waals surface area contributed by atoms with E-state index in [2.05, 4.69) is 22.8 Å². The van der Waals surface area contributed by atoms with E-state index in [1.54, 1.807) is 18.7 Å². The Morgan fingerprint density at radius 2 is 2.25 bits per heavy atom. The molecule has 1 atom stereocenters. The molecule has 0 fully saturated rings. The Labute approximate surface area is 126 Å². The van der Waals surface area contributed by atoms with Crippen LogP contribution < -0.4 is 5.73 Å². The fourth-order valence-electron chi connectivity index (χ4n) is 1.93. The molecule has 0 radical (unpaired) electrons. The molecule has 20 heavy (non-hydrogen) atoms. The predicted octanol–water partition coefficient (Wildman–Crippen LogP) is 1.37. The average Bonchev–Trinajstić information content (AvgIpc) is 2.64. The number of carbonyl (C=O) groups excluding carboxylic acids is 1. The number of esters is 1. The zero-order valence-electron chi connectivity index (χ0n) is 12.7. The third-order valence-corrected chi connectivity index (χ3v) is 6.44. The van der Waals surface area contributed by atoms with Crippen LogP contribution in [-0.4, -0.2) is 55.5 Å². The summed E-state index contributed by atoms with van der Waals surface area (Å²) in [4.78, 5) is 11.4. The lowest BCUT2D eigenvalue weighted by Crippen LogP contribution is -2.49. The van der Waals surface area contributed by atoms with Gasteiger partial charge in [-0.2, -0.15) is 11.8 Å². The summed E-state index contributed by atoms with van der Waals surface area (Å²) < 4.78 is 12.6. The largest absolute Gasteiger partial charge is 0.465 e. The summed E-state index contributed by atoms with van der Waals surface area (Å²) >= 11 is 1.79. The van der Waals surface area contributed by atoms with E-state index in [1.807, 2.05) is 6.92 Å². The van der Waals surface area contributed by atoms with Crippen molar-refractivity contribution < 1.29 is 14.1 Å². The van der Waals surface area contributed by atoms with E-state index in [9.17, 15) is 4.79 Å². The molecule has 0 saturated carbocycles. The molecule has 0 aliphatic carbocycles. The lowest BCUT2D eigenvalue weighted by molar-refractivity contribution is -0.144. The second kappa shape index (κ2) is 7.89. The topological polar surface area (TPSA) is 77.2 Å². The first-order valence-corrected chi connectivity index (χ1v) is 10.9. The van der Waals surface area contributed by atoms with Crippen LogP contribution in [0.5, 0.6) is 0 Å². The third-order valence-electron chi connectivity index (χ3n) is 3.06. The van der Waals surface area contributed by atoms with Gasteiger partial charge < -0.3 is 19.6 Å². The van der Waals surface area contributed by atoms with Gasteiger partial charge in [0.05, 0.1) is 6.61 Å². The average molecular weight is 320 g/mol. The normalized spacial score (nSPS) is 18.4. The molecule has 0 aromatic carbocycles. The number of oxime groups is 1. The van der Waals surface area contributed by atoms with Crippen LogP contribution in [0.2, 0.25) is 13.1 Å². The summed E-state index contributed by atoms with van der Waals surface area (Å²) in [6, 6.07) is -0.508. The van der Waals surface area contributed by atoms with Crippen molar-refractivity contribution in [3.05, 3.63) is 0 Å². The van der Waals surface area contributed by atoms with Crippen molar-refractivity contribution in [3.8, 4) is 0 Å². The number of hydrogen-bond donors (Lipinski definition) is 1. The highest BCUT2D eigenvalue weighted by Gasteiger charge is 2.39. The van der Waals surface area contributed by atoms with Crippen LogP contribution >= 0.6 is 11.8 Å². The minimum Gasteiger partial charge on any atom is -0.465 e. The molecule has 0 spiro atoms. The molecule has 1 heterocycles. The lowest BCUT2D eigenvalue weighted by atomic mass is 10.2.